The van der Waals surface area contributed by atoms with Crippen molar-refractivity contribution in [2.24, 2.45) is 0 Å². The Balaban J connectivity index is 1.37. The molecule has 0 bridgehead atoms. The van der Waals surface area contributed by atoms with Gasteiger partial charge in [0.25, 0.3) is 5.24 Å². The van der Waals surface area contributed by atoms with Crippen LogP contribution >= 0.6 is 11.8 Å². The number of hydrogen-bond donors (Lipinski definition) is 1. The maximum Gasteiger partial charge on any atom is 0.285 e. The number of carbonyl (C=O) groups is 1. The van der Waals surface area contributed by atoms with Crippen molar-refractivity contribution in [3.05, 3.63) is 39.9 Å². The van der Waals surface area contributed by atoms with Crippen LogP contribution in [0.1, 0.15) is 41.2 Å². The van der Waals surface area contributed by atoms with Gasteiger partial charge in [0.05, 0.1) is 21.3 Å². The van der Waals surface area contributed by atoms with Crippen LogP contribution in [0.5, 0.6) is 28.7 Å². The van der Waals surface area contributed by atoms with E-state index in [0.717, 1.165) is 59.6 Å². The molecule has 2 aromatic rings. The Morgan fingerprint density at radius 3 is 2.19 bits per heavy atom. The summed E-state index contributed by atoms with van der Waals surface area (Å²) in [5, 5.41) is 10.5. The second kappa shape index (κ2) is 10.9. The van der Waals surface area contributed by atoms with Crippen molar-refractivity contribution in [3.8, 4) is 28.7 Å². The number of nitrogens with zero attached hydrogens (tertiary/aromatic N) is 2. The molecule has 4 rings (SSSR count). The van der Waals surface area contributed by atoms with Gasteiger partial charge in [0.1, 0.15) is 11.5 Å². The van der Waals surface area contributed by atoms with Gasteiger partial charge in [0.2, 0.25) is 5.75 Å². The maximum absolute atomic E-state index is 13.3. The lowest BCUT2D eigenvalue weighted by Gasteiger charge is -2.39. The van der Waals surface area contributed by atoms with Crippen LogP contribution in [0.4, 0.5) is 4.79 Å². The lowest BCUT2D eigenvalue weighted by atomic mass is 9.92. The highest BCUT2D eigenvalue weighted by Crippen LogP contribution is 2.47. The molecule has 0 radical (unpaired) electrons. The van der Waals surface area contributed by atoms with Crippen molar-refractivity contribution >= 4 is 17.0 Å². The number of carbonyl (C=O) groups excluding carboxylic acids is 1. The maximum atomic E-state index is 13.3. The van der Waals surface area contributed by atoms with E-state index in [4.69, 9.17) is 18.9 Å². The first-order valence-electron chi connectivity index (χ1n) is 12.6. The third-order valence-corrected chi connectivity index (χ3v) is 8.70. The molecule has 1 saturated heterocycles. The molecule has 1 unspecified atom stereocenters. The van der Waals surface area contributed by atoms with Crippen molar-refractivity contribution in [2.45, 2.75) is 52.0 Å². The molecule has 8 nitrogen and oxygen atoms in total. The number of methoxy groups -OCH3 is 3. The molecule has 9 heteroatoms. The second-order valence-corrected chi connectivity index (χ2v) is 11.3. The van der Waals surface area contributed by atoms with Crippen LogP contribution in [-0.2, 0) is 13.0 Å². The van der Waals surface area contributed by atoms with E-state index in [2.05, 4.69) is 4.90 Å². The second-order valence-electron chi connectivity index (χ2n) is 9.93. The number of aromatic hydroxyl groups is 1. The standard InChI is InChI=1S/C28H38N2O6S/c1-17-18(2)25-21(19(3)24(17)31)8-9-28(4,36-25)37-27(32)30-12-10-29(11-13-30)16-20-14-22(33-5)26(35-7)23(15-20)34-6/h14-15,31H,8-13,16H2,1-7H3. The van der Waals surface area contributed by atoms with Crippen LogP contribution in [0.2, 0.25) is 0 Å². The number of phenols is 1. The highest BCUT2D eigenvalue weighted by atomic mass is 32.2. The van der Waals surface area contributed by atoms with Gasteiger partial charge in [-0.25, -0.2) is 0 Å². The average molecular weight is 531 g/mol. The first-order valence-corrected chi connectivity index (χ1v) is 13.4. The monoisotopic (exact) mass is 530 g/mol. The number of amides is 1. The van der Waals surface area contributed by atoms with E-state index in [-0.39, 0.29) is 5.24 Å². The summed E-state index contributed by atoms with van der Waals surface area (Å²) >= 11 is 1.27. The van der Waals surface area contributed by atoms with Gasteiger partial charge in [0.15, 0.2) is 16.4 Å². The smallest absolute Gasteiger partial charge is 0.285 e. The van der Waals surface area contributed by atoms with Crippen LogP contribution in [-0.4, -0.2) is 72.6 Å². The van der Waals surface area contributed by atoms with E-state index in [1.165, 1.54) is 11.8 Å². The Morgan fingerprint density at radius 1 is 1.00 bits per heavy atom. The van der Waals surface area contributed by atoms with Crippen LogP contribution < -0.4 is 18.9 Å². The minimum Gasteiger partial charge on any atom is -0.507 e. The Bertz CT molecular complexity index is 1150. The lowest BCUT2D eigenvalue weighted by molar-refractivity contribution is 0.142. The first kappa shape index (κ1) is 27.3. The van der Waals surface area contributed by atoms with Crippen molar-refractivity contribution in [1.82, 2.24) is 9.80 Å². The number of ether oxygens (including phenoxy) is 4. The summed E-state index contributed by atoms with van der Waals surface area (Å²) in [6, 6.07) is 3.94. The average Bonchev–Trinajstić information content (AvgIpc) is 2.90. The van der Waals surface area contributed by atoms with Gasteiger partial charge in [-0.2, -0.15) is 0 Å². The molecule has 1 N–H and O–H groups in total. The third-order valence-electron chi connectivity index (χ3n) is 7.55. The van der Waals surface area contributed by atoms with E-state index in [9.17, 15) is 9.90 Å². The Hall–Kier alpha value is -2.78. The molecular formula is C28H38N2O6S. The summed E-state index contributed by atoms with van der Waals surface area (Å²) < 4.78 is 22.8. The van der Waals surface area contributed by atoms with Crippen molar-refractivity contribution in [3.63, 3.8) is 0 Å². The van der Waals surface area contributed by atoms with Crippen molar-refractivity contribution in [2.75, 3.05) is 47.5 Å². The summed E-state index contributed by atoms with van der Waals surface area (Å²) in [5.41, 5.74) is 4.76. The fraction of sp³-hybridized carbons (Fsp3) is 0.536. The third kappa shape index (κ3) is 5.43. The fourth-order valence-corrected chi connectivity index (χ4v) is 6.13. The van der Waals surface area contributed by atoms with E-state index in [1.807, 2.05) is 44.7 Å². The highest BCUT2D eigenvalue weighted by molar-refractivity contribution is 8.14. The molecule has 2 aliphatic heterocycles. The number of fused-ring (bicyclic) bond motifs is 1. The van der Waals surface area contributed by atoms with Crippen LogP contribution in [0.15, 0.2) is 12.1 Å². The zero-order valence-electron chi connectivity index (χ0n) is 22.9. The van der Waals surface area contributed by atoms with Gasteiger partial charge < -0.3 is 29.0 Å². The van der Waals surface area contributed by atoms with Gasteiger partial charge in [-0.3, -0.25) is 9.69 Å². The predicted molar refractivity (Wildman–Crippen MR) is 146 cm³/mol. The van der Waals surface area contributed by atoms with E-state index in [1.54, 1.807) is 21.3 Å². The van der Waals surface area contributed by atoms with E-state index >= 15 is 0 Å². The first-order chi connectivity index (χ1) is 17.6. The van der Waals surface area contributed by atoms with Gasteiger partial charge in [-0.1, -0.05) is 0 Å². The van der Waals surface area contributed by atoms with Gasteiger partial charge in [-0.15, -0.1) is 0 Å². The molecule has 0 aliphatic carbocycles. The van der Waals surface area contributed by atoms with Crippen molar-refractivity contribution < 1.29 is 28.8 Å². The molecular weight excluding hydrogens is 492 g/mol. The summed E-state index contributed by atoms with van der Waals surface area (Å²) in [5.74, 6) is 3.02. The Labute approximate surface area is 223 Å². The number of benzene rings is 2. The SMILES string of the molecule is COc1cc(CN2CCN(C(=O)SC3(C)CCc4c(C)c(O)c(C)c(C)c4O3)CC2)cc(OC)c1OC. The quantitative estimate of drug-likeness (QED) is 0.556. The summed E-state index contributed by atoms with van der Waals surface area (Å²) in [7, 11) is 4.83. The summed E-state index contributed by atoms with van der Waals surface area (Å²) in [6.07, 6.45) is 1.48. The highest BCUT2D eigenvalue weighted by Gasteiger charge is 2.39. The topological polar surface area (TPSA) is 80.7 Å². The number of phenolic OH excluding ortho intramolecular Hbond substituents is 1. The van der Waals surface area contributed by atoms with Gasteiger partial charge in [-0.05, 0) is 80.3 Å². The number of rotatable bonds is 6. The zero-order valence-corrected chi connectivity index (χ0v) is 23.7. The van der Waals surface area contributed by atoms with Crippen molar-refractivity contribution in [1.29, 1.82) is 0 Å². The normalized spacial score (nSPS) is 19.7. The lowest BCUT2D eigenvalue weighted by Crippen LogP contribution is -2.48. The predicted octanol–water partition coefficient (Wildman–Crippen LogP) is 5.06. The van der Waals surface area contributed by atoms with Crippen LogP contribution in [0.25, 0.3) is 0 Å². The minimum absolute atomic E-state index is 0.0447. The molecule has 1 atom stereocenters. The molecule has 1 fully saturated rings. The Kier molecular flexibility index (Phi) is 8.04. The molecule has 0 aromatic heterocycles. The van der Waals surface area contributed by atoms with Gasteiger partial charge in [0, 0.05) is 44.7 Å². The summed E-state index contributed by atoms with van der Waals surface area (Å²) in [6.45, 7) is 11.4. The van der Waals surface area contributed by atoms with Crippen LogP contribution in [0.3, 0.4) is 0 Å². The molecule has 0 saturated carbocycles. The molecule has 2 aromatic carbocycles. The molecule has 2 heterocycles. The number of thioether (sulfide) groups is 1. The Morgan fingerprint density at radius 2 is 1.62 bits per heavy atom. The number of piperazine rings is 1. The molecule has 202 valence electrons. The fourth-order valence-electron chi connectivity index (χ4n) is 5.12. The number of hydrogen-bond acceptors (Lipinski definition) is 8. The van der Waals surface area contributed by atoms with E-state index in [0.29, 0.717) is 42.5 Å². The molecule has 1 amide bonds. The largest absolute Gasteiger partial charge is 0.507 e. The molecule has 2 aliphatic rings. The minimum atomic E-state index is -0.641. The van der Waals surface area contributed by atoms with E-state index < -0.39 is 4.93 Å². The zero-order chi connectivity index (χ0) is 26.9. The molecule has 37 heavy (non-hydrogen) atoms. The van der Waals surface area contributed by atoms with Crippen LogP contribution in [0, 0.1) is 20.8 Å². The summed E-state index contributed by atoms with van der Waals surface area (Å²) in [4.78, 5) is 16.9. The molecule has 0 spiro atoms. The van der Waals surface area contributed by atoms with Gasteiger partial charge >= 0.3 is 0 Å².